The normalized spacial score (nSPS) is 25.5. The standard InChI is InChI=1S/C12H22N2O/c15-12(10-6-7-10)14-8-2-1-4-11-5-3-9-13-11/h10-11,13H,1-9H2,(H,14,15). The number of amides is 1. The molecular formula is C12H22N2O. The molecule has 0 aromatic heterocycles. The molecule has 2 N–H and O–H groups in total. The van der Waals surface area contributed by atoms with Crippen molar-refractivity contribution in [1.29, 1.82) is 0 Å². The predicted molar refractivity (Wildman–Crippen MR) is 60.6 cm³/mol. The van der Waals surface area contributed by atoms with Gasteiger partial charge in [0.15, 0.2) is 0 Å². The molecule has 2 aliphatic rings. The van der Waals surface area contributed by atoms with E-state index in [1.807, 2.05) is 0 Å². The van der Waals surface area contributed by atoms with Gasteiger partial charge in [-0.3, -0.25) is 4.79 Å². The number of rotatable bonds is 6. The molecule has 1 saturated carbocycles. The molecule has 0 bridgehead atoms. The van der Waals surface area contributed by atoms with Gasteiger partial charge in [-0.15, -0.1) is 0 Å². The Kier molecular flexibility index (Phi) is 4.01. The maximum Gasteiger partial charge on any atom is 0.223 e. The summed E-state index contributed by atoms with van der Waals surface area (Å²) in [5, 5.41) is 6.51. The van der Waals surface area contributed by atoms with Crippen molar-refractivity contribution in [2.24, 2.45) is 5.92 Å². The van der Waals surface area contributed by atoms with E-state index in [-0.39, 0.29) is 5.91 Å². The second-order valence-corrected chi connectivity index (χ2v) is 4.85. The van der Waals surface area contributed by atoms with E-state index >= 15 is 0 Å². The third-order valence-corrected chi connectivity index (χ3v) is 3.39. The monoisotopic (exact) mass is 210 g/mol. The summed E-state index contributed by atoms with van der Waals surface area (Å²) in [4.78, 5) is 11.3. The molecule has 86 valence electrons. The molecule has 0 aromatic rings. The first kappa shape index (κ1) is 10.9. The zero-order valence-electron chi connectivity index (χ0n) is 9.43. The van der Waals surface area contributed by atoms with E-state index in [1.54, 1.807) is 0 Å². The Morgan fingerprint density at radius 2 is 2.13 bits per heavy atom. The van der Waals surface area contributed by atoms with Gasteiger partial charge in [-0.25, -0.2) is 0 Å². The Morgan fingerprint density at radius 1 is 1.27 bits per heavy atom. The molecule has 1 aliphatic carbocycles. The molecule has 1 heterocycles. The van der Waals surface area contributed by atoms with Gasteiger partial charge in [0.2, 0.25) is 5.91 Å². The van der Waals surface area contributed by atoms with Crippen molar-refractivity contribution in [2.75, 3.05) is 13.1 Å². The summed E-state index contributed by atoms with van der Waals surface area (Å²) in [6.07, 6.45) is 8.55. The van der Waals surface area contributed by atoms with Crippen molar-refractivity contribution < 1.29 is 4.79 Å². The van der Waals surface area contributed by atoms with Crippen LogP contribution in [0.2, 0.25) is 0 Å². The highest BCUT2D eigenvalue weighted by atomic mass is 16.2. The van der Waals surface area contributed by atoms with Crippen LogP contribution in [-0.2, 0) is 4.79 Å². The maximum atomic E-state index is 11.3. The summed E-state index contributed by atoms with van der Waals surface area (Å²) < 4.78 is 0. The van der Waals surface area contributed by atoms with Gasteiger partial charge in [-0.05, 0) is 45.1 Å². The number of unbranched alkanes of at least 4 members (excludes halogenated alkanes) is 1. The van der Waals surface area contributed by atoms with Crippen LogP contribution in [0, 0.1) is 5.92 Å². The van der Waals surface area contributed by atoms with Crippen molar-refractivity contribution in [3.8, 4) is 0 Å². The highest BCUT2D eigenvalue weighted by Crippen LogP contribution is 2.28. The predicted octanol–water partition coefficient (Wildman–Crippen LogP) is 1.43. The quantitative estimate of drug-likeness (QED) is 0.651. The smallest absolute Gasteiger partial charge is 0.223 e. The van der Waals surface area contributed by atoms with Gasteiger partial charge in [-0.2, -0.15) is 0 Å². The molecule has 0 spiro atoms. The third kappa shape index (κ3) is 3.82. The Morgan fingerprint density at radius 3 is 2.80 bits per heavy atom. The molecule has 3 heteroatoms. The minimum atomic E-state index is 0.286. The van der Waals surface area contributed by atoms with Crippen LogP contribution in [0.4, 0.5) is 0 Å². The Hall–Kier alpha value is -0.570. The van der Waals surface area contributed by atoms with Crippen LogP contribution < -0.4 is 10.6 Å². The largest absolute Gasteiger partial charge is 0.356 e. The molecule has 2 rings (SSSR count). The van der Waals surface area contributed by atoms with Gasteiger partial charge in [0, 0.05) is 18.5 Å². The molecule has 1 unspecified atom stereocenters. The van der Waals surface area contributed by atoms with Crippen LogP contribution in [0.5, 0.6) is 0 Å². The van der Waals surface area contributed by atoms with Crippen LogP contribution in [0.15, 0.2) is 0 Å². The summed E-state index contributed by atoms with van der Waals surface area (Å²) in [5.74, 6) is 0.649. The number of nitrogens with one attached hydrogen (secondary N) is 2. The van der Waals surface area contributed by atoms with Crippen LogP contribution in [0.3, 0.4) is 0 Å². The van der Waals surface area contributed by atoms with Crippen molar-refractivity contribution in [3.63, 3.8) is 0 Å². The zero-order chi connectivity index (χ0) is 10.5. The summed E-state index contributed by atoms with van der Waals surface area (Å²) in [6.45, 7) is 2.07. The Bertz CT molecular complexity index is 208. The highest BCUT2D eigenvalue weighted by molar-refractivity contribution is 5.80. The van der Waals surface area contributed by atoms with Gasteiger partial charge in [0.05, 0.1) is 0 Å². The average molecular weight is 210 g/mol. The lowest BCUT2D eigenvalue weighted by atomic mass is 10.1. The summed E-state index contributed by atoms with van der Waals surface area (Å²) >= 11 is 0. The first-order valence-electron chi connectivity index (χ1n) is 6.37. The molecular weight excluding hydrogens is 188 g/mol. The zero-order valence-corrected chi connectivity index (χ0v) is 9.43. The third-order valence-electron chi connectivity index (χ3n) is 3.39. The van der Waals surface area contributed by atoms with E-state index < -0.39 is 0 Å². The van der Waals surface area contributed by atoms with E-state index in [0.29, 0.717) is 5.92 Å². The lowest BCUT2D eigenvalue weighted by molar-refractivity contribution is -0.122. The molecule has 0 radical (unpaired) electrons. The van der Waals surface area contributed by atoms with E-state index in [9.17, 15) is 4.79 Å². The minimum Gasteiger partial charge on any atom is -0.356 e. The fourth-order valence-electron chi connectivity index (χ4n) is 2.22. The second kappa shape index (κ2) is 5.50. The lowest BCUT2D eigenvalue weighted by Gasteiger charge is -2.09. The van der Waals surface area contributed by atoms with E-state index in [2.05, 4.69) is 10.6 Å². The summed E-state index contributed by atoms with van der Waals surface area (Å²) in [5.41, 5.74) is 0. The number of hydrogen-bond acceptors (Lipinski definition) is 2. The van der Waals surface area contributed by atoms with Crippen molar-refractivity contribution in [3.05, 3.63) is 0 Å². The molecule has 1 saturated heterocycles. The molecule has 1 amide bonds. The first-order valence-corrected chi connectivity index (χ1v) is 6.37. The number of carbonyl (C=O) groups is 1. The molecule has 2 fully saturated rings. The lowest BCUT2D eigenvalue weighted by Crippen LogP contribution is -2.26. The van der Waals surface area contributed by atoms with Crippen molar-refractivity contribution in [1.82, 2.24) is 10.6 Å². The van der Waals surface area contributed by atoms with Gasteiger partial charge in [-0.1, -0.05) is 6.42 Å². The minimum absolute atomic E-state index is 0.286. The van der Waals surface area contributed by atoms with E-state index in [1.165, 1.54) is 32.2 Å². The SMILES string of the molecule is O=C(NCCCCC1CCCN1)C1CC1. The molecule has 0 aromatic carbocycles. The molecule has 15 heavy (non-hydrogen) atoms. The average Bonchev–Trinajstić information content (AvgIpc) is 2.97. The molecule has 1 atom stereocenters. The van der Waals surface area contributed by atoms with Crippen molar-refractivity contribution >= 4 is 5.91 Å². The molecule has 3 nitrogen and oxygen atoms in total. The first-order chi connectivity index (χ1) is 7.36. The van der Waals surface area contributed by atoms with Gasteiger partial charge in [0.1, 0.15) is 0 Å². The van der Waals surface area contributed by atoms with Gasteiger partial charge >= 0.3 is 0 Å². The number of carbonyl (C=O) groups excluding carboxylic acids is 1. The Balaban J connectivity index is 1.42. The maximum absolute atomic E-state index is 11.3. The van der Waals surface area contributed by atoms with Gasteiger partial charge in [0.25, 0.3) is 0 Å². The van der Waals surface area contributed by atoms with Crippen LogP contribution in [0.25, 0.3) is 0 Å². The van der Waals surface area contributed by atoms with Crippen LogP contribution >= 0.6 is 0 Å². The Labute approximate surface area is 92.0 Å². The van der Waals surface area contributed by atoms with Crippen molar-refractivity contribution in [2.45, 2.75) is 51.0 Å². The number of hydrogen-bond donors (Lipinski definition) is 2. The topological polar surface area (TPSA) is 41.1 Å². The molecule has 1 aliphatic heterocycles. The summed E-state index contributed by atoms with van der Waals surface area (Å²) in [6, 6.07) is 0.754. The highest BCUT2D eigenvalue weighted by Gasteiger charge is 2.28. The summed E-state index contributed by atoms with van der Waals surface area (Å²) in [7, 11) is 0. The van der Waals surface area contributed by atoms with Crippen LogP contribution in [0.1, 0.15) is 44.9 Å². The van der Waals surface area contributed by atoms with E-state index in [0.717, 1.165) is 31.8 Å². The fraction of sp³-hybridized carbons (Fsp3) is 0.917. The van der Waals surface area contributed by atoms with Gasteiger partial charge < -0.3 is 10.6 Å². The fourth-order valence-corrected chi connectivity index (χ4v) is 2.22. The second-order valence-electron chi connectivity index (χ2n) is 4.85. The van der Waals surface area contributed by atoms with E-state index in [4.69, 9.17) is 0 Å². The van der Waals surface area contributed by atoms with Crippen LogP contribution in [-0.4, -0.2) is 25.0 Å².